The Labute approximate surface area is 292 Å². The standard InChI is InChI=1S/C17H17Cl2NO3.C12H10N6O2.C2HF3O2/c1-3-22-10-23-17(21)12-6-4-5-7-14(12)20-16-13(18)9-8-11(2)15(16)19;19-12(20)5-8-17-6-3-9(4-7-17)10-1-2-11-13-15-16-18(11)14-10;3-2(4,5)1(6)7/h4-9,20H,3,10H2,1-2H3;1-4,6-7H,5,8H2;(H,6,7). The van der Waals surface area contributed by atoms with Crippen LogP contribution in [0.3, 0.4) is 0 Å². The third-order valence-electron chi connectivity index (χ3n) is 6.24. The Morgan fingerprint density at radius 3 is 2.36 bits per heavy atom. The summed E-state index contributed by atoms with van der Waals surface area (Å²) < 4.78 is 44.8. The number of hydrogen-bond donors (Lipinski definition) is 2. The lowest BCUT2D eigenvalue weighted by Gasteiger charge is -2.15. The second-order valence-corrected chi connectivity index (χ2v) is 10.6. The van der Waals surface area contributed by atoms with E-state index in [4.69, 9.17) is 47.7 Å². The summed E-state index contributed by atoms with van der Waals surface area (Å²) in [6.07, 6.45) is -1.45. The molecule has 0 radical (unpaired) electrons. The number of anilines is 2. The van der Waals surface area contributed by atoms with Gasteiger partial charge in [-0.1, -0.05) is 41.4 Å². The summed E-state index contributed by atoms with van der Waals surface area (Å²) in [5, 5.41) is 36.9. The molecule has 0 aliphatic heterocycles. The number of aryl methyl sites for hydroxylation is 2. The highest BCUT2D eigenvalue weighted by Crippen LogP contribution is 2.36. The zero-order chi connectivity index (χ0) is 36.8. The Morgan fingerprint density at radius 2 is 1.72 bits per heavy atom. The number of para-hydroxylation sites is 1. The van der Waals surface area contributed by atoms with Gasteiger partial charge in [-0.05, 0) is 60.2 Å². The number of carbonyl (C=O) groups excluding carboxylic acids is 2. The Morgan fingerprint density at radius 1 is 1.04 bits per heavy atom. The van der Waals surface area contributed by atoms with E-state index in [0.29, 0.717) is 45.8 Å². The third kappa shape index (κ3) is 11.6. The maximum atomic E-state index is 12.2. The van der Waals surface area contributed by atoms with E-state index in [2.05, 4.69) is 25.9 Å². The lowest BCUT2D eigenvalue weighted by Crippen LogP contribution is -2.37. The van der Waals surface area contributed by atoms with Gasteiger partial charge in [-0.15, -0.1) is 14.8 Å². The van der Waals surface area contributed by atoms with Crippen LogP contribution in [0.4, 0.5) is 24.5 Å². The van der Waals surface area contributed by atoms with Gasteiger partial charge in [0, 0.05) is 24.3 Å². The minimum atomic E-state index is -5.19. The first-order valence-corrected chi connectivity index (χ1v) is 15.1. The SMILES string of the molecule is CCOCOC(=O)c1ccccc1Nc1c(Cl)ccc(C)c1Cl.O=C(O)CC[n+]1ccc(-c2ccc3nnnn3n2)cc1.O=C([O-])C(F)(F)F. The summed E-state index contributed by atoms with van der Waals surface area (Å²) in [6, 6.07) is 17.9. The Hall–Kier alpha value is -5.39. The van der Waals surface area contributed by atoms with Crippen molar-refractivity contribution < 1.29 is 51.8 Å². The molecule has 14 nitrogen and oxygen atoms in total. The number of esters is 1. The maximum absolute atomic E-state index is 12.2. The monoisotopic (exact) mass is 737 g/mol. The van der Waals surface area contributed by atoms with Gasteiger partial charge in [-0.2, -0.15) is 13.2 Å². The van der Waals surface area contributed by atoms with E-state index in [-0.39, 0.29) is 13.2 Å². The number of carbonyl (C=O) groups is 3. The molecule has 3 aromatic heterocycles. The summed E-state index contributed by atoms with van der Waals surface area (Å²) >= 11 is 12.5. The molecule has 50 heavy (non-hydrogen) atoms. The number of fused-ring (bicyclic) bond motifs is 1. The zero-order valence-electron chi connectivity index (χ0n) is 26.2. The molecule has 5 rings (SSSR count). The quantitative estimate of drug-likeness (QED) is 0.0890. The average molecular weight is 739 g/mol. The molecule has 3 heterocycles. The third-order valence-corrected chi connectivity index (χ3v) is 7.04. The van der Waals surface area contributed by atoms with Crippen molar-refractivity contribution in [3.8, 4) is 11.3 Å². The van der Waals surface area contributed by atoms with E-state index >= 15 is 0 Å². The molecular weight excluding hydrogens is 710 g/mol. The summed E-state index contributed by atoms with van der Waals surface area (Å²) in [6.45, 7) is 4.53. The highest BCUT2D eigenvalue weighted by molar-refractivity contribution is 6.39. The van der Waals surface area contributed by atoms with E-state index in [1.54, 1.807) is 36.4 Å². The lowest BCUT2D eigenvalue weighted by molar-refractivity contribution is -0.695. The second kappa shape index (κ2) is 18.4. The number of alkyl halides is 3. The molecule has 264 valence electrons. The van der Waals surface area contributed by atoms with Crippen LogP contribution in [0.15, 0.2) is 73.1 Å². The molecule has 2 aromatic carbocycles. The van der Waals surface area contributed by atoms with Crippen LogP contribution in [-0.4, -0.2) is 67.8 Å². The predicted molar refractivity (Wildman–Crippen MR) is 170 cm³/mol. The number of carboxylic acids is 2. The van der Waals surface area contributed by atoms with Crippen molar-refractivity contribution in [3.05, 3.63) is 94.2 Å². The highest BCUT2D eigenvalue weighted by Gasteiger charge is 2.28. The van der Waals surface area contributed by atoms with Gasteiger partial charge < -0.3 is 29.8 Å². The normalized spacial score (nSPS) is 10.7. The molecule has 0 saturated heterocycles. The van der Waals surface area contributed by atoms with E-state index in [1.165, 1.54) is 4.63 Å². The average Bonchev–Trinajstić information content (AvgIpc) is 3.56. The van der Waals surface area contributed by atoms with Crippen molar-refractivity contribution in [1.29, 1.82) is 0 Å². The molecule has 0 amide bonds. The number of pyridine rings is 1. The molecule has 0 saturated carbocycles. The lowest BCUT2D eigenvalue weighted by atomic mass is 10.1. The van der Waals surface area contributed by atoms with Gasteiger partial charge in [0.05, 0.1) is 32.7 Å². The first kappa shape index (κ1) is 39.1. The van der Waals surface area contributed by atoms with Crippen LogP contribution in [0, 0.1) is 6.92 Å². The van der Waals surface area contributed by atoms with Crippen molar-refractivity contribution in [3.63, 3.8) is 0 Å². The number of nitrogens with one attached hydrogen (secondary N) is 1. The van der Waals surface area contributed by atoms with E-state index in [1.807, 2.05) is 55.1 Å². The Kier molecular flexibility index (Phi) is 14.4. The van der Waals surface area contributed by atoms with Gasteiger partial charge in [0.1, 0.15) is 12.4 Å². The van der Waals surface area contributed by atoms with Gasteiger partial charge in [-0.25, -0.2) is 9.36 Å². The fourth-order valence-corrected chi connectivity index (χ4v) is 4.20. The molecule has 0 aliphatic carbocycles. The molecular formula is C31H28Cl2F3N7O7. The van der Waals surface area contributed by atoms with Crippen LogP contribution >= 0.6 is 23.2 Å². The number of rotatable bonds is 10. The molecule has 0 spiro atoms. The van der Waals surface area contributed by atoms with Crippen molar-refractivity contribution in [2.45, 2.75) is 33.0 Å². The number of nitrogens with zero attached hydrogens (tertiary/aromatic N) is 6. The zero-order valence-corrected chi connectivity index (χ0v) is 27.7. The van der Waals surface area contributed by atoms with Gasteiger partial charge in [-0.3, -0.25) is 4.79 Å². The number of ether oxygens (including phenoxy) is 2. The molecule has 2 N–H and O–H groups in total. The fourth-order valence-electron chi connectivity index (χ4n) is 3.74. The van der Waals surface area contributed by atoms with Crippen LogP contribution in [0.1, 0.15) is 29.3 Å². The summed E-state index contributed by atoms with van der Waals surface area (Å²) in [5.74, 6) is -4.30. The van der Waals surface area contributed by atoms with Crippen LogP contribution < -0.4 is 15.0 Å². The number of hydrogen-bond acceptors (Lipinski definition) is 11. The largest absolute Gasteiger partial charge is 0.542 e. The maximum Gasteiger partial charge on any atom is 0.430 e. The van der Waals surface area contributed by atoms with E-state index in [9.17, 15) is 22.8 Å². The summed E-state index contributed by atoms with van der Waals surface area (Å²) in [5.41, 5.74) is 4.61. The van der Waals surface area contributed by atoms with E-state index in [0.717, 1.165) is 16.8 Å². The predicted octanol–water partition coefficient (Wildman–Crippen LogP) is 4.44. The first-order chi connectivity index (χ1) is 23.7. The fraction of sp³-hybridized carbons (Fsp3) is 0.226. The van der Waals surface area contributed by atoms with Gasteiger partial charge in [0.25, 0.3) is 0 Å². The van der Waals surface area contributed by atoms with Crippen molar-refractivity contribution in [2.24, 2.45) is 0 Å². The molecule has 0 bridgehead atoms. The number of halogens is 5. The molecule has 5 aromatic rings. The van der Waals surface area contributed by atoms with E-state index < -0.39 is 24.1 Å². The number of carboxylic acid groups (broad SMARTS) is 2. The second-order valence-electron chi connectivity index (χ2n) is 9.76. The van der Waals surface area contributed by atoms with Gasteiger partial charge in [0.2, 0.25) is 0 Å². The highest BCUT2D eigenvalue weighted by atomic mass is 35.5. The van der Waals surface area contributed by atoms with Crippen molar-refractivity contribution in [2.75, 3.05) is 18.7 Å². The summed E-state index contributed by atoms with van der Waals surface area (Å²) in [7, 11) is 0. The number of aromatic nitrogens is 6. The molecule has 0 fully saturated rings. The minimum absolute atomic E-state index is 0.0877. The molecule has 0 unspecified atom stereocenters. The van der Waals surface area contributed by atoms with Crippen LogP contribution in [-0.2, 0) is 25.6 Å². The topological polar surface area (TPSA) is 185 Å². The number of benzene rings is 2. The molecule has 0 atom stereocenters. The van der Waals surface area contributed by atoms with Crippen molar-refractivity contribution >= 4 is 58.1 Å². The smallest absolute Gasteiger partial charge is 0.430 e. The van der Waals surface area contributed by atoms with Gasteiger partial charge >= 0.3 is 18.1 Å². The summed E-state index contributed by atoms with van der Waals surface area (Å²) in [4.78, 5) is 31.5. The molecule has 19 heteroatoms. The minimum Gasteiger partial charge on any atom is -0.542 e. The van der Waals surface area contributed by atoms with Gasteiger partial charge in [0.15, 0.2) is 31.4 Å². The van der Waals surface area contributed by atoms with Crippen LogP contribution in [0.2, 0.25) is 10.0 Å². The van der Waals surface area contributed by atoms with Crippen molar-refractivity contribution in [1.82, 2.24) is 25.3 Å². The number of tetrazole rings is 1. The Bertz CT molecular complexity index is 1930. The Balaban J connectivity index is 0.000000229. The number of aliphatic carboxylic acids is 2. The first-order valence-electron chi connectivity index (χ1n) is 14.3. The molecule has 0 aliphatic rings. The van der Waals surface area contributed by atoms with Crippen LogP contribution in [0.25, 0.3) is 16.9 Å². The van der Waals surface area contributed by atoms with Crippen LogP contribution in [0.5, 0.6) is 0 Å².